The second-order valence-electron chi connectivity index (χ2n) is 5.38. The van der Waals surface area contributed by atoms with Gasteiger partial charge in [0.2, 0.25) is 0 Å². The van der Waals surface area contributed by atoms with Crippen molar-refractivity contribution in [3.63, 3.8) is 0 Å². The number of imidazole rings is 1. The molecule has 2 N–H and O–H groups in total. The lowest BCUT2D eigenvalue weighted by Crippen LogP contribution is -2.22. The molecule has 0 spiro atoms. The quantitative estimate of drug-likeness (QED) is 0.740. The Labute approximate surface area is 115 Å². The van der Waals surface area contributed by atoms with Crippen molar-refractivity contribution in [3.05, 3.63) is 23.8 Å². The van der Waals surface area contributed by atoms with E-state index < -0.39 is 0 Å². The molecule has 0 bridgehead atoms. The number of thiazole rings is 1. The Morgan fingerprint density at radius 2 is 2.05 bits per heavy atom. The van der Waals surface area contributed by atoms with Gasteiger partial charge in [-0.15, -0.1) is 11.3 Å². The molecule has 3 aromatic heterocycles. The molecule has 6 heteroatoms. The summed E-state index contributed by atoms with van der Waals surface area (Å²) in [6.45, 7) is 6.44. The minimum Gasteiger partial charge on any atom is -0.375 e. The van der Waals surface area contributed by atoms with Crippen LogP contribution in [0.15, 0.2) is 23.8 Å². The van der Waals surface area contributed by atoms with Gasteiger partial charge in [0.25, 0.3) is 0 Å². The molecule has 0 unspecified atom stereocenters. The SMILES string of the molecule is CC(C)(C)n1c(-c2csc(N)n2)nc2cnccc21. The molecule has 3 heterocycles. The number of nitrogen functional groups attached to an aromatic ring is 1. The molecule has 0 saturated carbocycles. The van der Waals surface area contributed by atoms with Crippen molar-refractivity contribution < 1.29 is 0 Å². The number of hydrogen-bond donors (Lipinski definition) is 1. The van der Waals surface area contributed by atoms with Crippen molar-refractivity contribution >= 4 is 27.5 Å². The zero-order valence-corrected chi connectivity index (χ0v) is 11.9. The average Bonchev–Trinajstić information content (AvgIpc) is 2.90. The number of pyridine rings is 1. The topological polar surface area (TPSA) is 69.6 Å². The Kier molecular flexibility index (Phi) is 2.56. The van der Waals surface area contributed by atoms with Crippen molar-refractivity contribution in [2.24, 2.45) is 0 Å². The molecule has 0 aromatic carbocycles. The Balaban J connectivity index is 2.35. The molecule has 0 aliphatic rings. The van der Waals surface area contributed by atoms with E-state index in [4.69, 9.17) is 5.73 Å². The predicted molar refractivity (Wildman–Crippen MR) is 78.0 cm³/mol. The molecular formula is C13H15N5S. The smallest absolute Gasteiger partial charge is 0.180 e. The first-order valence-corrected chi connectivity index (χ1v) is 6.89. The highest BCUT2D eigenvalue weighted by molar-refractivity contribution is 7.13. The third-order valence-corrected chi connectivity index (χ3v) is 3.55. The number of fused-ring (bicyclic) bond motifs is 1. The molecular weight excluding hydrogens is 258 g/mol. The molecule has 0 amide bonds. The van der Waals surface area contributed by atoms with Gasteiger partial charge < -0.3 is 10.3 Å². The van der Waals surface area contributed by atoms with Gasteiger partial charge in [-0.1, -0.05) is 0 Å². The fourth-order valence-corrected chi connectivity index (χ4v) is 2.71. The third kappa shape index (κ3) is 1.98. The average molecular weight is 273 g/mol. The highest BCUT2D eigenvalue weighted by atomic mass is 32.1. The van der Waals surface area contributed by atoms with Crippen LogP contribution in [-0.2, 0) is 5.54 Å². The van der Waals surface area contributed by atoms with Crippen molar-refractivity contribution in [1.29, 1.82) is 0 Å². The maximum Gasteiger partial charge on any atom is 0.180 e. The number of hydrogen-bond acceptors (Lipinski definition) is 5. The number of anilines is 1. The molecule has 19 heavy (non-hydrogen) atoms. The Bertz CT molecular complexity index is 735. The first kappa shape index (κ1) is 12.1. The van der Waals surface area contributed by atoms with Gasteiger partial charge >= 0.3 is 0 Å². The number of aromatic nitrogens is 4. The van der Waals surface area contributed by atoms with Crippen LogP contribution in [0, 0.1) is 0 Å². The molecule has 0 saturated heterocycles. The van der Waals surface area contributed by atoms with E-state index in [1.54, 1.807) is 12.4 Å². The Morgan fingerprint density at radius 3 is 2.68 bits per heavy atom. The van der Waals surface area contributed by atoms with E-state index in [2.05, 4.69) is 40.3 Å². The molecule has 5 nitrogen and oxygen atoms in total. The summed E-state index contributed by atoms with van der Waals surface area (Å²) in [5.41, 5.74) is 8.38. The van der Waals surface area contributed by atoms with Gasteiger partial charge in [0, 0.05) is 17.1 Å². The third-order valence-electron chi connectivity index (χ3n) is 2.88. The molecule has 98 valence electrons. The summed E-state index contributed by atoms with van der Waals surface area (Å²) in [6, 6.07) is 1.98. The van der Waals surface area contributed by atoms with Gasteiger partial charge in [-0.3, -0.25) is 4.98 Å². The van der Waals surface area contributed by atoms with Crippen molar-refractivity contribution in [2.75, 3.05) is 5.73 Å². The summed E-state index contributed by atoms with van der Waals surface area (Å²) < 4.78 is 2.18. The molecule has 0 fully saturated rings. The van der Waals surface area contributed by atoms with E-state index >= 15 is 0 Å². The van der Waals surface area contributed by atoms with E-state index in [0.29, 0.717) is 5.13 Å². The van der Waals surface area contributed by atoms with Crippen LogP contribution >= 0.6 is 11.3 Å². The lowest BCUT2D eigenvalue weighted by atomic mass is 10.1. The van der Waals surface area contributed by atoms with Gasteiger partial charge in [-0.25, -0.2) is 9.97 Å². The normalized spacial score (nSPS) is 12.2. The van der Waals surface area contributed by atoms with Gasteiger partial charge in [0.1, 0.15) is 11.2 Å². The summed E-state index contributed by atoms with van der Waals surface area (Å²) >= 11 is 1.43. The van der Waals surface area contributed by atoms with E-state index in [1.807, 2.05) is 11.4 Å². The van der Waals surface area contributed by atoms with E-state index in [0.717, 1.165) is 22.6 Å². The lowest BCUT2D eigenvalue weighted by molar-refractivity contribution is 0.412. The maximum absolute atomic E-state index is 5.73. The van der Waals surface area contributed by atoms with Crippen LogP contribution in [0.4, 0.5) is 5.13 Å². The first-order chi connectivity index (χ1) is 8.97. The summed E-state index contributed by atoms with van der Waals surface area (Å²) in [5.74, 6) is 0.837. The van der Waals surface area contributed by atoms with Crippen LogP contribution in [0.5, 0.6) is 0 Å². The van der Waals surface area contributed by atoms with Gasteiger partial charge in [0.05, 0.1) is 11.7 Å². The van der Waals surface area contributed by atoms with Crippen LogP contribution in [0.3, 0.4) is 0 Å². The molecule has 0 aliphatic carbocycles. The first-order valence-electron chi connectivity index (χ1n) is 6.01. The summed E-state index contributed by atoms with van der Waals surface area (Å²) in [5, 5.41) is 2.49. The van der Waals surface area contributed by atoms with Crippen LogP contribution in [0.25, 0.3) is 22.6 Å². The molecule has 0 atom stereocenters. The lowest BCUT2D eigenvalue weighted by Gasteiger charge is -2.24. The minimum absolute atomic E-state index is 0.0934. The largest absolute Gasteiger partial charge is 0.375 e. The van der Waals surface area contributed by atoms with Gasteiger partial charge in [-0.2, -0.15) is 0 Å². The Morgan fingerprint density at radius 1 is 1.26 bits per heavy atom. The van der Waals surface area contributed by atoms with Gasteiger partial charge in [-0.05, 0) is 26.8 Å². The van der Waals surface area contributed by atoms with Crippen LogP contribution in [0.2, 0.25) is 0 Å². The summed E-state index contributed by atoms with van der Waals surface area (Å²) in [7, 11) is 0. The minimum atomic E-state index is -0.0934. The van der Waals surface area contributed by atoms with Gasteiger partial charge in [0.15, 0.2) is 11.0 Å². The van der Waals surface area contributed by atoms with E-state index in [1.165, 1.54) is 11.3 Å². The number of rotatable bonds is 1. The highest BCUT2D eigenvalue weighted by Gasteiger charge is 2.23. The second kappa shape index (κ2) is 4.03. The molecule has 3 aromatic rings. The molecule has 0 radical (unpaired) electrons. The maximum atomic E-state index is 5.73. The summed E-state index contributed by atoms with van der Waals surface area (Å²) in [6.07, 6.45) is 3.56. The van der Waals surface area contributed by atoms with E-state index in [9.17, 15) is 0 Å². The van der Waals surface area contributed by atoms with Crippen LogP contribution in [0.1, 0.15) is 20.8 Å². The fourth-order valence-electron chi connectivity index (χ4n) is 2.17. The Hall–Kier alpha value is -1.95. The van der Waals surface area contributed by atoms with Crippen molar-refractivity contribution in [2.45, 2.75) is 26.3 Å². The van der Waals surface area contributed by atoms with Crippen LogP contribution in [-0.4, -0.2) is 19.5 Å². The fraction of sp³-hybridized carbons (Fsp3) is 0.308. The molecule has 0 aliphatic heterocycles. The summed E-state index contributed by atoms with van der Waals surface area (Å²) in [4.78, 5) is 13.1. The van der Waals surface area contributed by atoms with E-state index in [-0.39, 0.29) is 5.54 Å². The molecule has 3 rings (SSSR count). The number of nitrogens with zero attached hydrogens (tertiary/aromatic N) is 4. The zero-order chi connectivity index (χ0) is 13.6. The number of nitrogens with two attached hydrogens (primary N) is 1. The zero-order valence-electron chi connectivity index (χ0n) is 11.1. The highest BCUT2D eigenvalue weighted by Crippen LogP contribution is 2.31. The second-order valence-corrected chi connectivity index (χ2v) is 6.27. The monoisotopic (exact) mass is 273 g/mol. The van der Waals surface area contributed by atoms with Crippen molar-refractivity contribution in [3.8, 4) is 11.5 Å². The predicted octanol–water partition coefficient (Wildman–Crippen LogP) is 2.89. The van der Waals surface area contributed by atoms with Crippen molar-refractivity contribution in [1.82, 2.24) is 19.5 Å². The standard InChI is InChI=1S/C13H15N5S/c1-13(2,3)18-10-4-5-15-6-8(10)16-11(18)9-7-19-12(14)17-9/h4-7H,1-3H3,(H2,14,17). The van der Waals surface area contributed by atoms with Crippen LogP contribution < -0.4 is 5.73 Å².